The van der Waals surface area contributed by atoms with E-state index >= 15 is 0 Å². The Morgan fingerprint density at radius 2 is 1.75 bits per heavy atom. The smallest absolute Gasteiger partial charge is 0.277 e. The van der Waals surface area contributed by atoms with Crippen LogP contribution >= 0.6 is 0 Å². The van der Waals surface area contributed by atoms with Gasteiger partial charge in [-0.05, 0) is 17.7 Å². The average Bonchev–Trinajstić information content (AvgIpc) is 2.51. The molecule has 1 heterocycles. The summed E-state index contributed by atoms with van der Waals surface area (Å²) in [4.78, 5) is 12.3. The largest absolute Gasteiger partial charge is 0.322 e. The maximum Gasteiger partial charge on any atom is 0.277 e. The molecule has 0 fully saturated rings. The van der Waals surface area contributed by atoms with Crippen molar-refractivity contribution in [2.24, 2.45) is 5.73 Å². The van der Waals surface area contributed by atoms with Crippen molar-refractivity contribution < 1.29 is 0 Å². The van der Waals surface area contributed by atoms with Crippen molar-refractivity contribution in [2.75, 3.05) is 0 Å². The van der Waals surface area contributed by atoms with Gasteiger partial charge in [0.15, 0.2) is 0 Å². The molecule has 3 rings (SSSR count). The zero-order valence-electron chi connectivity index (χ0n) is 10.8. The maximum atomic E-state index is 12.3. The number of fused-ring (bicyclic) bond motifs is 1. The van der Waals surface area contributed by atoms with E-state index in [-0.39, 0.29) is 11.6 Å². The molecule has 0 radical (unpaired) electrons. The van der Waals surface area contributed by atoms with Gasteiger partial charge in [0.25, 0.3) is 5.56 Å². The van der Waals surface area contributed by atoms with Gasteiger partial charge >= 0.3 is 0 Å². The minimum atomic E-state index is -0.288. The van der Waals surface area contributed by atoms with Crippen LogP contribution in [0.1, 0.15) is 11.6 Å². The second kappa shape index (κ2) is 5.22. The zero-order chi connectivity index (χ0) is 13.9. The predicted octanol–water partition coefficient (Wildman–Crippen LogP) is 1.49. The van der Waals surface area contributed by atoms with Gasteiger partial charge in [-0.2, -0.15) is 0 Å². The molecule has 0 bridgehead atoms. The van der Waals surface area contributed by atoms with Crippen molar-refractivity contribution in [3.63, 3.8) is 0 Å². The van der Waals surface area contributed by atoms with Gasteiger partial charge in [0.05, 0.1) is 11.9 Å². The minimum Gasteiger partial charge on any atom is -0.322 e. The van der Waals surface area contributed by atoms with Crippen LogP contribution < -0.4 is 11.3 Å². The molecule has 1 atom stereocenters. The van der Waals surface area contributed by atoms with Gasteiger partial charge in [-0.3, -0.25) is 4.79 Å². The van der Waals surface area contributed by atoms with E-state index < -0.39 is 0 Å². The molecular formula is C15H14N4O. The quantitative estimate of drug-likeness (QED) is 0.779. The van der Waals surface area contributed by atoms with Crippen LogP contribution in [0.2, 0.25) is 0 Å². The summed E-state index contributed by atoms with van der Waals surface area (Å²) in [5.74, 6) is 0. The van der Waals surface area contributed by atoms with Crippen LogP contribution in [-0.2, 0) is 6.54 Å². The van der Waals surface area contributed by atoms with E-state index in [0.29, 0.717) is 17.4 Å². The van der Waals surface area contributed by atoms with Crippen LogP contribution in [0.25, 0.3) is 10.9 Å². The molecule has 0 aliphatic carbocycles. The first-order valence-electron chi connectivity index (χ1n) is 6.39. The van der Waals surface area contributed by atoms with Crippen molar-refractivity contribution >= 4 is 10.9 Å². The molecular weight excluding hydrogens is 252 g/mol. The van der Waals surface area contributed by atoms with Gasteiger partial charge in [0.2, 0.25) is 0 Å². The number of hydrogen-bond acceptors (Lipinski definition) is 4. The summed E-state index contributed by atoms with van der Waals surface area (Å²) >= 11 is 0. The summed E-state index contributed by atoms with van der Waals surface area (Å²) in [6.07, 6.45) is 0. The Hall–Kier alpha value is -2.53. The van der Waals surface area contributed by atoms with Crippen molar-refractivity contribution in [3.8, 4) is 0 Å². The maximum absolute atomic E-state index is 12.3. The minimum absolute atomic E-state index is 0.165. The molecule has 0 amide bonds. The average molecular weight is 266 g/mol. The zero-order valence-corrected chi connectivity index (χ0v) is 10.8. The lowest BCUT2D eigenvalue weighted by atomic mass is 10.1. The lowest BCUT2D eigenvalue weighted by Gasteiger charge is -2.12. The molecule has 0 saturated carbocycles. The van der Waals surface area contributed by atoms with E-state index in [4.69, 9.17) is 5.73 Å². The van der Waals surface area contributed by atoms with E-state index in [2.05, 4.69) is 10.3 Å². The van der Waals surface area contributed by atoms with Crippen LogP contribution in [0.4, 0.5) is 0 Å². The predicted molar refractivity (Wildman–Crippen MR) is 77.2 cm³/mol. The van der Waals surface area contributed by atoms with Crippen LogP contribution in [0.15, 0.2) is 59.4 Å². The summed E-state index contributed by atoms with van der Waals surface area (Å²) in [5, 5.41) is 8.55. The van der Waals surface area contributed by atoms with Crippen molar-refractivity contribution in [1.29, 1.82) is 0 Å². The highest BCUT2D eigenvalue weighted by Gasteiger charge is 2.10. The molecule has 0 saturated heterocycles. The topological polar surface area (TPSA) is 73.8 Å². The Bertz CT molecular complexity index is 782. The second-order valence-corrected chi connectivity index (χ2v) is 4.61. The lowest BCUT2D eigenvalue weighted by molar-refractivity contribution is 0.486. The van der Waals surface area contributed by atoms with Gasteiger partial charge in [0.1, 0.15) is 5.52 Å². The van der Waals surface area contributed by atoms with Crippen molar-refractivity contribution in [2.45, 2.75) is 12.6 Å². The molecule has 5 heteroatoms. The summed E-state index contributed by atoms with van der Waals surface area (Å²) in [6, 6.07) is 16.5. The third-order valence-electron chi connectivity index (χ3n) is 3.23. The fourth-order valence-corrected chi connectivity index (χ4v) is 2.13. The fraction of sp³-hybridized carbons (Fsp3) is 0.133. The molecule has 3 aromatic rings. The Morgan fingerprint density at radius 3 is 2.55 bits per heavy atom. The Balaban J connectivity index is 1.96. The Morgan fingerprint density at radius 1 is 1.05 bits per heavy atom. The second-order valence-electron chi connectivity index (χ2n) is 4.61. The number of rotatable bonds is 3. The van der Waals surface area contributed by atoms with Gasteiger partial charge in [0, 0.05) is 6.04 Å². The molecule has 1 aromatic heterocycles. The van der Waals surface area contributed by atoms with Crippen LogP contribution in [0.5, 0.6) is 0 Å². The molecule has 1 unspecified atom stereocenters. The third kappa shape index (κ3) is 2.31. The normalized spacial score (nSPS) is 12.4. The molecule has 2 N–H and O–H groups in total. The summed E-state index contributed by atoms with van der Waals surface area (Å²) in [5.41, 5.74) is 7.51. The first-order valence-corrected chi connectivity index (χ1v) is 6.39. The fourth-order valence-electron chi connectivity index (χ4n) is 2.13. The molecule has 0 aliphatic rings. The number of hydrogen-bond donors (Lipinski definition) is 1. The highest BCUT2D eigenvalue weighted by atomic mass is 16.1. The van der Waals surface area contributed by atoms with E-state index in [9.17, 15) is 4.79 Å². The van der Waals surface area contributed by atoms with Gasteiger partial charge in [-0.25, -0.2) is 4.68 Å². The summed E-state index contributed by atoms with van der Waals surface area (Å²) < 4.78 is 1.32. The third-order valence-corrected chi connectivity index (χ3v) is 3.23. The first kappa shape index (κ1) is 12.5. The Kier molecular flexibility index (Phi) is 3.26. The SMILES string of the molecule is NC(Cn1nnc2ccccc2c1=O)c1ccccc1. The standard InChI is InChI=1S/C15H14N4O/c16-13(11-6-2-1-3-7-11)10-19-15(20)12-8-4-5-9-14(12)17-18-19/h1-9,13H,10,16H2. The lowest BCUT2D eigenvalue weighted by Crippen LogP contribution is -2.29. The van der Waals surface area contributed by atoms with Crippen molar-refractivity contribution in [3.05, 3.63) is 70.5 Å². The van der Waals surface area contributed by atoms with E-state index in [1.165, 1.54) is 4.68 Å². The van der Waals surface area contributed by atoms with Gasteiger partial charge in [-0.15, -0.1) is 5.10 Å². The first-order chi connectivity index (χ1) is 9.75. The van der Waals surface area contributed by atoms with Crippen LogP contribution in [0.3, 0.4) is 0 Å². The van der Waals surface area contributed by atoms with E-state index in [1.54, 1.807) is 12.1 Å². The van der Waals surface area contributed by atoms with E-state index in [1.807, 2.05) is 42.5 Å². The van der Waals surface area contributed by atoms with Crippen LogP contribution in [-0.4, -0.2) is 15.0 Å². The van der Waals surface area contributed by atoms with Crippen molar-refractivity contribution in [1.82, 2.24) is 15.0 Å². The summed E-state index contributed by atoms with van der Waals surface area (Å²) in [6.45, 7) is 0.306. The highest BCUT2D eigenvalue weighted by Crippen LogP contribution is 2.11. The number of benzene rings is 2. The van der Waals surface area contributed by atoms with Gasteiger partial charge in [-0.1, -0.05) is 47.7 Å². The molecule has 0 spiro atoms. The van der Waals surface area contributed by atoms with Gasteiger partial charge < -0.3 is 5.73 Å². The molecule has 2 aromatic carbocycles. The molecule has 100 valence electrons. The van der Waals surface area contributed by atoms with Crippen LogP contribution in [0, 0.1) is 0 Å². The molecule has 5 nitrogen and oxygen atoms in total. The summed E-state index contributed by atoms with van der Waals surface area (Å²) in [7, 11) is 0. The number of nitrogens with zero attached hydrogens (tertiary/aromatic N) is 3. The highest BCUT2D eigenvalue weighted by molar-refractivity contribution is 5.76. The monoisotopic (exact) mass is 266 g/mol. The Labute approximate surface area is 115 Å². The van der Waals surface area contributed by atoms with E-state index in [0.717, 1.165) is 5.56 Å². The number of nitrogens with two attached hydrogens (primary N) is 1. The molecule has 0 aliphatic heterocycles. The molecule has 20 heavy (non-hydrogen) atoms. The number of aromatic nitrogens is 3.